The van der Waals surface area contributed by atoms with Gasteiger partial charge in [-0.25, -0.2) is 10.2 Å². The van der Waals surface area contributed by atoms with Crippen molar-refractivity contribution in [2.45, 2.75) is 38.5 Å². The van der Waals surface area contributed by atoms with E-state index in [4.69, 9.17) is 5.73 Å². The first-order chi connectivity index (χ1) is 6.68. The molecule has 1 saturated carbocycles. The summed E-state index contributed by atoms with van der Waals surface area (Å²) in [4.78, 5) is 21.5. The van der Waals surface area contributed by atoms with E-state index in [9.17, 15) is 9.59 Å². The lowest BCUT2D eigenvalue weighted by Crippen LogP contribution is -2.45. The molecule has 1 aliphatic carbocycles. The molecule has 14 heavy (non-hydrogen) atoms. The third-order valence-corrected chi connectivity index (χ3v) is 2.52. The minimum Gasteiger partial charge on any atom is -0.350 e. The summed E-state index contributed by atoms with van der Waals surface area (Å²) in [6.07, 6.45) is 6.41. The molecule has 4 N–H and O–H groups in total. The minimum atomic E-state index is -0.734. The quantitative estimate of drug-likeness (QED) is 0.571. The van der Waals surface area contributed by atoms with Gasteiger partial charge >= 0.3 is 6.03 Å². The number of carbonyl (C=O) groups is 2. The molecule has 3 amide bonds. The Labute approximate surface area is 83.4 Å². The second-order valence-electron chi connectivity index (χ2n) is 3.75. The van der Waals surface area contributed by atoms with Gasteiger partial charge in [-0.1, -0.05) is 19.3 Å². The topological polar surface area (TPSA) is 84.2 Å². The van der Waals surface area contributed by atoms with E-state index >= 15 is 0 Å². The van der Waals surface area contributed by atoms with E-state index in [0.29, 0.717) is 12.3 Å². The van der Waals surface area contributed by atoms with Gasteiger partial charge in [0.15, 0.2) is 0 Å². The second-order valence-corrected chi connectivity index (χ2v) is 3.75. The zero-order valence-corrected chi connectivity index (χ0v) is 8.21. The Hall–Kier alpha value is -1.26. The third-order valence-electron chi connectivity index (χ3n) is 2.52. The van der Waals surface area contributed by atoms with Gasteiger partial charge < -0.3 is 5.73 Å². The molecule has 0 bridgehead atoms. The van der Waals surface area contributed by atoms with Gasteiger partial charge in [-0.15, -0.1) is 0 Å². The van der Waals surface area contributed by atoms with Gasteiger partial charge in [0.05, 0.1) is 0 Å². The van der Waals surface area contributed by atoms with Crippen molar-refractivity contribution in [1.29, 1.82) is 0 Å². The Morgan fingerprint density at radius 1 is 1.14 bits per heavy atom. The SMILES string of the molecule is NC(=O)NNC(=O)CC1CCCCC1. The molecule has 0 spiro atoms. The zero-order valence-electron chi connectivity index (χ0n) is 8.21. The molecule has 0 radical (unpaired) electrons. The summed E-state index contributed by atoms with van der Waals surface area (Å²) in [6, 6.07) is -0.734. The van der Waals surface area contributed by atoms with Crippen LogP contribution in [0.25, 0.3) is 0 Å². The Morgan fingerprint density at radius 3 is 2.36 bits per heavy atom. The number of urea groups is 1. The van der Waals surface area contributed by atoms with Crippen LogP contribution >= 0.6 is 0 Å². The second kappa shape index (κ2) is 5.47. The highest BCUT2D eigenvalue weighted by molar-refractivity contribution is 5.80. The molecule has 0 aromatic carbocycles. The van der Waals surface area contributed by atoms with Crippen molar-refractivity contribution in [1.82, 2.24) is 10.9 Å². The molecule has 0 aromatic rings. The van der Waals surface area contributed by atoms with E-state index in [-0.39, 0.29) is 5.91 Å². The van der Waals surface area contributed by atoms with Crippen molar-refractivity contribution in [3.63, 3.8) is 0 Å². The molecule has 5 heteroatoms. The van der Waals surface area contributed by atoms with Crippen LogP contribution in [0.4, 0.5) is 4.79 Å². The number of rotatable bonds is 2. The summed E-state index contributed by atoms with van der Waals surface area (Å²) in [5, 5.41) is 0. The van der Waals surface area contributed by atoms with Crippen LogP contribution in [0.15, 0.2) is 0 Å². The van der Waals surface area contributed by atoms with Crippen LogP contribution in [0.2, 0.25) is 0 Å². The van der Waals surface area contributed by atoms with Gasteiger partial charge in [0.25, 0.3) is 0 Å². The Morgan fingerprint density at radius 2 is 1.79 bits per heavy atom. The van der Waals surface area contributed by atoms with Gasteiger partial charge in [0, 0.05) is 6.42 Å². The molecule has 0 aliphatic heterocycles. The molecule has 0 heterocycles. The molecule has 1 rings (SSSR count). The molecule has 5 nitrogen and oxygen atoms in total. The van der Waals surface area contributed by atoms with Crippen LogP contribution in [-0.4, -0.2) is 11.9 Å². The van der Waals surface area contributed by atoms with Crippen molar-refractivity contribution in [2.24, 2.45) is 11.7 Å². The normalized spacial score (nSPS) is 17.4. The highest BCUT2D eigenvalue weighted by atomic mass is 16.2. The van der Waals surface area contributed by atoms with Gasteiger partial charge in [-0.2, -0.15) is 0 Å². The highest BCUT2D eigenvalue weighted by Gasteiger charge is 2.16. The largest absolute Gasteiger partial charge is 0.350 e. The summed E-state index contributed by atoms with van der Waals surface area (Å²) in [6.45, 7) is 0. The third kappa shape index (κ3) is 4.11. The van der Waals surface area contributed by atoms with E-state index in [0.717, 1.165) is 12.8 Å². The Bertz CT molecular complexity index is 212. The van der Waals surface area contributed by atoms with E-state index in [2.05, 4.69) is 10.9 Å². The molecule has 0 unspecified atom stereocenters. The number of nitrogens with one attached hydrogen (secondary N) is 2. The van der Waals surface area contributed by atoms with Crippen LogP contribution < -0.4 is 16.6 Å². The lowest BCUT2D eigenvalue weighted by molar-refractivity contribution is -0.122. The summed E-state index contributed by atoms with van der Waals surface area (Å²) in [5.41, 5.74) is 9.15. The summed E-state index contributed by atoms with van der Waals surface area (Å²) in [7, 11) is 0. The van der Waals surface area contributed by atoms with E-state index in [1.165, 1.54) is 19.3 Å². The maximum Gasteiger partial charge on any atom is 0.330 e. The van der Waals surface area contributed by atoms with Crippen molar-refractivity contribution in [3.05, 3.63) is 0 Å². The molecule has 0 aromatic heterocycles. The summed E-state index contributed by atoms with van der Waals surface area (Å²) >= 11 is 0. The molecular weight excluding hydrogens is 182 g/mol. The molecular formula is C9H17N3O2. The maximum atomic E-state index is 11.2. The van der Waals surface area contributed by atoms with Crippen molar-refractivity contribution < 1.29 is 9.59 Å². The minimum absolute atomic E-state index is 0.157. The highest BCUT2D eigenvalue weighted by Crippen LogP contribution is 2.25. The van der Waals surface area contributed by atoms with Gasteiger partial charge in [-0.3, -0.25) is 10.2 Å². The molecule has 0 saturated heterocycles. The number of amides is 3. The van der Waals surface area contributed by atoms with E-state index in [1.54, 1.807) is 0 Å². The smallest absolute Gasteiger partial charge is 0.330 e. The predicted octanol–water partition coefficient (Wildman–Crippen LogP) is 0.656. The van der Waals surface area contributed by atoms with Gasteiger partial charge in [0.1, 0.15) is 0 Å². The average molecular weight is 199 g/mol. The molecule has 80 valence electrons. The lowest BCUT2D eigenvalue weighted by atomic mass is 9.87. The molecule has 1 fully saturated rings. The Balaban J connectivity index is 2.15. The van der Waals surface area contributed by atoms with Crippen LogP contribution in [0, 0.1) is 5.92 Å². The summed E-state index contributed by atoms with van der Waals surface area (Å²) < 4.78 is 0. The van der Waals surface area contributed by atoms with Gasteiger partial charge in [-0.05, 0) is 18.8 Å². The number of hydrogen-bond donors (Lipinski definition) is 3. The molecule has 1 aliphatic rings. The number of carbonyl (C=O) groups excluding carboxylic acids is 2. The predicted molar refractivity (Wildman–Crippen MR) is 52.1 cm³/mol. The maximum absolute atomic E-state index is 11.2. The van der Waals surface area contributed by atoms with Crippen LogP contribution in [0.1, 0.15) is 38.5 Å². The Kier molecular flexibility index (Phi) is 4.22. The fraction of sp³-hybridized carbons (Fsp3) is 0.778. The first kappa shape index (κ1) is 10.8. The van der Waals surface area contributed by atoms with Crippen LogP contribution in [0.5, 0.6) is 0 Å². The fourth-order valence-electron chi connectivity index (χ4n) is 1.84. The van der Waals surface area contributed by atoms with Crippen LogP contribution in [0.3, 0.4) is 0 Å². The van der Waals surface area contributed by atoms with E-state index < -0.39 is 6.03 Å². The number of primary amides is 1. The van der Waals surface area contributed by atoms with Crippen molar-refractivity contribution in [2.75, 3.05) is 0 Å². The average Bonchev–Trinajstić information content (AvgIpc) is 2.16. The summed E-state index contributed by atoms with van der Waals surface area (Å²) in [5.74, 6) is 0.314. The van der Waals surface area contributed by atoms with Crippen molar-refractivity contribution >= 4 is 11.9 Å². The van der Waals surface area contributed by atoms with Crippen molar-refractivity contribution in [3.8, 4) is 0 Å². The number of nitrogens with two attached hydrogens (primary N) is 1. The first-order valence-electron chi connectivity index (χ1n) is 5.03. The molecule has 0 atom stereocenters. The number of hydrazine groups is 1. The zero-order chi connectivity index (χ0) is 10.4. The van der Waals surface area contributed by atoms with E-state index in [1.807, 2.05) is 0 Å². The lowest BCUT2D eigenvalue weighted by Gasteiger charge is -2.20. The fourth-order valence-corrected chi connectivity index (χ4v) is 1.84. The number of hydrogen-bond acceptors (Lipinski definition) is 2. The van der Waals surface area contributed by atoms with Gasteiger partial charge in [0.2, 0.25) is 5.91 Å². The van der Waals surface area contributed by atoms with Crippen LogP contribution in [-0.2, 0) is 4.79 Å². The standard InChI is InChI=1S/C9H17N3O2/c10-9(14)12-11-8(13)6-7-4-2-1-3-5-7/h7H,1-6H2,(H,11,13)(H3,10,12,14). The monoisotopic (exact) mass is 199 g/mol. The first-order valence-corrected chi connectivity index (χ1v) is 5.03.